The van der Waals surface area contributed by atoms with E-state index in [1.54, 1.807) is 0 Å². The molecule has 0 fully saturated rings. The Bertz CT molecular complexity index is 508. The second-order valence-electron chi connectivity index (χ2n) is 3.61. The molecule has 102 valence electrons. The van der Waals surface area contributed by atoms with Crippen LogP contribution in [0.5, 0.6) is 0 Å². The molecule has 0 radical (unpaired) electrons. The Kier molecular flexibility index (Phi) is 5.00. The summed E-state index contributed by atoms with van der Waals surface area (Å²) in [5, 5.41) is 8.60. The molecule has 0 saturated carbocycles. The highest BCUT2D eigenvalue weighted by atomic mass is 32.2. The predicted octanol–water partition coefficient (Wildman–Crippen LogP) is 0.936. The smallest absolute Gasteiger partial charge is 0.301 e. The largest absolute Gasteiger partial charge is 0.396 e. The number of benzene rings is 1. The van der Waals surface area contributed by atoms with E-state index in [1.165, 1.54) is 13.1 Å². The maximum Gasteiger partial charge on any atom is 0.301 e. The SMILES string of the molecule is CN(CCCO)S(=O)(=O)Nc1cccc(F)c1F. The Morgan fingerprint density at radius 1 is 1.39 bits per heavy atom. The first kappa shape index (κ1) is 14.8. The molecule has 5 nitrogen and oxygen atoms in total. The van der Waals surface area contributed by atoms with Gasteiger partial charge < -0.3 is 5.11 Å². The van der Waals surface area contributed by atoms with Crippen molar-refractivity contribution in [2.75, 3.05) is 24.9 Å². The number of nitrogens with one attached hydrogen (secondary N) is 1. The van der Waals surface area contributed by atoms with E-state index in [0.29, 0.717) is 0 Å². The van der Waals surface area contributed by atoms with Crippen LogP contribution < -0.4 is 4.72 Å². The van der Waals surface area contributed by atoms with E-state index in [1.807, 2.05) is 4.72 Å². The quantitative estimate of drug-likeness (QED) is 0.814. The van der Waals surface area contributed by atoms with E-state index >= 15 is 0 Å². The van der Waals surface area contributed by atoms with Gasteiger partial charge in [0.1, 0.15) is 0 Å². The van der Waals surface area contributed by atoms with E-state index in [2.05, 4.69) is 0 Å². The fourth-order valence-corrected chi connectivity index (χ4v) is 2.17. The molecule has 8 heteroatoms. The molecule has 18 heavy (non-hydrogen) atoms. The molecule has 2 N–H and O–H groups in total. The third kappa shape index (κ3) is 3.62. The van der Waals surface area contributed by atoms with E-state index in [-0.39, 0.29) is 19.6 Å². The number of rotatable bonds is 6. The average molecular weight is 280 g/mol. The van der Waals surface area contributed by atoms with Gasteiger partial charge in [-0.1, -0.05) is 6.07 Å². The monoisotopic (exact) mass is 280 g/mol. The van der Waals surface area contributed by atoms with Crippen LogP contribution >= 0.6 is 0 Å². The van der Waals surface area contributed by atoms with Crippen LogP contribution in [0.25, 0.3) is 0 Å². The minimum absolute atomic E-state index is 0.0722. The zero-order valence-electron chi connectivity index (χ0n) is 9.73. The highest BCUT2D eigenvalue weighted by Crippen LogP contribution is 2.18. The van der Waals surface area contributed by atoms with Crippen LogP contribution in [0, 0.1) is 11.6 Å². The van der Waals surface area contributed by atoms with Gasteiger partial charge in [-0.3, -0.25) is 4.72 Å². The first-order valence-corrected chi connectivity index (χ1v) is 6.61. The van der Waals surface area contributed by atoms with Crippen molar-refractivity contribution in [3.8, 4) is 0 Å². The summed E-state index contributed by atoms with van der Waals surface area (Å²) in [5.74, 6) is -2.38. The van der Waals surface area contributed by atoms with Crippen molar-refractivity contribution in [3.05, 3.63) is 29.8 Å². The first-order valence-electron chi connectivity index (χ1n) is 5.17. The third-order valence-electron chi connectivity index (χ3n) is 2.23. The van der Waals surface area contributed by atoms with Gasteiger partial charge in [0.05, 0.1) is 5.69 Å². The second-order valence-corrected chi connectivity index (χ2v) is 5.38. The first-order chi connectivity index (χ1) is 8.38. The van der Waals surface area contributed by atoms with Gasteiger partial charge in [0, 0.05) is 20.2 Å². The summed E-state index contributed by atoms with van der Waals surface area (Å²) in [6.07, 6.45) is 0.253. The molecule has 0 aromatic heterocycles. The van der Waals surface area contributed by atoms with Crippen LogP contribution in [0.3, 0.4) is 0 Å². The Morgan fingerprint density at radius 3 is 2.67 bits per heavy atom. The standard InChI is InChI=1S/C10H14F2N2O3S/c1-14(6-3-7-15)18(16,17)13-9-5-2-4-8(11)10(9)12/h2,4-5,13,15H,3,6-7H2,1H3. The second kappa shape index (κ2) is 6.07. The number of hydrogen-bond acceptors (Lipinski definition) is 3. The number of aliphatic hydroxyl groups excluding tert-OH is 1. The zero-order valence-corrected chi connectivity index (χ0v) is 10.5. The minimum atomic E-state index is -3.96. The maximum atomic E-state index is 13.3. The highest BCUT2D eigenvalue weighted by molar-refractivity contribution is 7.90. The van der Waals surface area contributed by atoms with Gasteiger partial charge >= 0.3 is 10.2 Å². The lowest BCUT2D eigenvalue weighted by atomic mass is 10.3. The van der Waals surface area contributed by atoms with Crippen molar-refractivity contribution < 1.29 is 22.3 Å². The molecule has 0 aliphatic rings. The number of anilines is 1. The van der Waals surface area contributed by atoms with Gasteiger partial charge in [-0.2, -0.15) is 12.7 Å². The molecule has 1 rings (SSSR count). The lowest BCUT2D eigenvalue weighted by Crippen LogP contribution is -2.34. The summed E-state index contributed by atoms with van der Waals surface area (Å²) in [7, 11) is -2.69. The summed E-state index contributed by atoms with van der Waals surface area (Å²) in [4.78, 5) is 0. The molecule has 0 bridgehead atoms. The highest BCUT2D eigenvalue weighted by Gasteiger charge is 2.19. The Morgan fingerprint density at radius 2 is 2.06 bits per heavy atom. The van der Waals surface area contributed by atoms with Crippen LogP contribution in [0.15, 0.2) is 18.2 Å². The minimum Gasteiger partial charge on any atom is -0.396 e. The van der Waals surface area contributed by atoms with E-state index < -0.39 is 27.5 Å². The number of hydrogen-bond donors (Lipinski definition) is 2. The van der Waals surface area contributed by atoms with Crippen LogP contribution in [0.1, 0.15) is 6.42 Å². The lowest BCUT2D eigenvalue weighted by Gasteiger charge is -2.18. The molecule has 0 unspecified atom stereocenters. The number of halogens is 2. The van der Waals surface area contributed by atoms with Crippen molar-refractivity contribution in [1.29, 1.82) is 0 Å². The molecule has 0 saturated heterocycles. The summed E-state index contributed by atoms with van der Waals surface area (Å²) in [5.41, 5.74) is -0.453. The van der Waals surface area contributed by atoms with Gasteiger partial charge in [-0.25, -0.2) is 8.78 Å². The van der Waals surface area contributed by atoms with Crippen molar-refractivity contribution in [1.82, 2.24) is 4.31 Å². The fourth-order valence-electron chi connectivity index (χ4n) is 1.21. The molecule has 0 aliphatic heterocycles. The molecule has 1 aromatic carbocycles. The van der Waals surface area contributed by atoms with Crippen molar-refractivity contribution in [3.63, 3.8) is 0 Å². The van der Waals surface area contributed by atoms with Gasteiger partial charge in [-0.05, 0) is 18.6 Å². The van der Waals surface area contributed by atoms with E-state index in [9.17, 15) is 17.2 Å². The fraction of sp³-hybridized carbons (Fsp3) is 0.400. The zero-order chi connectivity index (χ0) is 13.8. The van der Waals surface area contributed by atoms with Crippen LogP contribution in [-0.4, -0.2) is 38.0 Å². The van der Waals surface area contributed by atoms with Crippen molar-refractivity contribution in [2.24, 2.45) is 0 Å². The molecule has 0 heterocycles. The number of nitrogens with zero attached hydrogens (tertiary/aromatic N) is 1. The van der Waals surface area contributed by atoms with Crippen LogP contribution in [0.4, 0.5) is 14.5 Å². The molecular formula is C10H14F2N2O3S. The molecule has 1 aromatic rings. The average Bonchev–Trinajstić information content (AvgIpc) is 2.31. The van der Waals surface area contributed by atoms with Crippen LogP contribution in [0.2, 0.25) is 0 Å². The van der Waals surface area contributed by atoms with Crippen LogP contribution in [-0.2, 0) is 10.2 Å². The topological polar surface area (TPSA) is 69.6 Å². The molecule has 0 aliphatic carbocycles. The third-order valence-corrected chi connectivity index (χ3v) is 3.71. The summed E-state index contributed by atoms with van der Waals surface area (Å²) >= 11 is 0. The normalized spacial score (nSPS) is 11.8. The van der Waals surface area contributed by atoms with Gasteiger partial charge in [-0.15, -0.1) is 0 Å². The maximum absolute atomic E-state index is 13.3. The molecule has 0 atom stereocenters. The lowest BCUT2D eigenvalue weighted by molar-refractivity contribution is 0.276. The molecular weight excluding hydrogens is 266 g/mol. The van der Waals surface area contributed by atoms with Gasteiger partial charge in [0.2, 0.25) is 0 Å². The summed E-state index contributed by atoms with van der Waals surface area (Å²) in [6, 6.07) is 3.21. The molecule has 0 amide bonds. The van der Waals surface area contributed by atoms with Crippen molar-refractivity contribution in [2.45, 2.75) is 6.42 Å². The van der Waals surface area contributed by atoms with Gasteiger partial charge in [0.15, 0.2) is 11.6 Å². The molecule has 0 spiro atoms. The van der Waals surface area contributed by atoms with E-state index in [4.69, 9.17) is 5.11 Å². The number of aliphatic hydroxyl groups is 1. The van der Waals surface area contributed by atoms with Crippen molar-refractivity contribution >= 4 is 15.9 Å². The summed E-state index contributed by atoms with van der Waals surface area (Å²) < 4.78 is 52.5. The Labute approximate surface area is 104 Å². The van der Waals surface area contributed by atoms with E-state index in [0.717, 1.165) is 16.4 Å². The van der Waals surface area contributed by atoms with Gasteiger partial charge in [0.25, 0.3) is 0 Å². The Balaban J connectivity index is 2.85. The summed E-state index contributed by atoms with van der Waals surface area (Å²) in [6.45, 7) is -0.0864. The predicted molar refractivity (Wildman–Crippen MR) is 63.2 cm³/mol. The Hall–Kier alpha value is -1.25.